The van der Waals surface area contributed by atoms with Crippen LogP contribution in [-0.2, 0) is 15.6 Å². The minimum Gasteiger partial charge on any atom is -0.478 e. The van der Waals surface area contributed by atoms with Crippen molar-refractivity contribution < 1.29 is 18.3 Å². The summed E-state index contributed by atoms with van der Waals surface area (Å²) in [6.07, 6.45) is 0. The summed E-state index contributed by atoms with van der Waals surface area (Å²) in [6, 6.07) is 12.3. The van der Waals surface area contributed by atoms with Crippen molar-refractivity contribution in [2.45, 2.75) is 10.6 Å². The molecule has 2 aromatic rings. The molecular weight excluding hydrogens is 300 g/mol. The Hall–Kier alpha value is -1.85. The van der Waals surface area contributed by atoms with Gasteiger partial charge in [-0.3, -0.25) is 0 Å². The van der Waals surface area contributed by atoms with E-state index in [2.05, 4.69) is 0 Å². The highest BCUT2D eigenvalue weighted by atomic mass is 35.5. The van der Waals surface area contributed by atoms with E-state index in [1.807, 2.05) is 0 Å². The lowest BCUT2D eigenvalue weighted by Gasteiger charge is -2.08. The summed E-state index contributed by atoms with van der Waals surface area (Å²) in [4.78, 5) is 10.9. The summed E-state index contributed by atoms with van der Waals surface area (Å²) in [5.74, 6) is -1.57. The number of carbonyl (C=O) groups is 1. The van der Waals surface area contributed by atoms with E-state index in [1.165, 1.54) is 12.1 Å². The van der Waals surface area contributed by atoms with Crippen molar-refractivity contribution in [3.8, 4) is 0 Å². The third-order valence-corrected chi connectivity index (χ3v) is 4.68. The van der Waals surface area contributed by atoms with Gasteiger partial charge >= 0.3 is 5.97 Å². The molecule has 6 heteroatoms. The minimum atomic E-state index is -3.75. The fourth-order valence-electron chi connectivity index (χ4n) is 1.81. The lowest BCUT2D eigenvalue weighted by atomic mass is 10.2. The van der Waals surface area contributed by atoms with Gasteiger partial charge in [0.05, 0.1) is 16.2 Å². The van der Waals surface area contributed by atoms with Crippen LogP contribution in [0.15, 0.2) is 53.4 Å². The van der Waals surface area contributed by atoms with E-state index < -0.39 is 15.8 Å². The van der Waals surface area contributed by atoms with Gasteiger partial charge in [-0.2, -0.15) is 0 Å². The van der Waals surface area contributed by atoms with Gasteiger partial charge in [-0.15, -0.1) is 0 Å². The quantitative estimate of drug-likeness (QED) is 0.942. The zero-order chi connectivity index (χ0) is 14.8. The molecule has 0 radical (unpaired) electrons. The Kier molecular flexibility index (Phi) is 4.11. The zero-order valence-corrected chi connectivity index (χ0v) is 11.9. The van der Waals surface area contributed by atoms with Crippen LogP contribution in [-0.4, -0.2) is 19.5 Å². The summed E-state index contributed by atoms with van der Waals surface area (Å²) in [5.41, 5.74) is 0.284. The van der Waals surface area contributed by atoms with Crippen molar-refractivity contribution in [3.05, 3.63) is 64.7 Å². The van der Waals surface area contributed by atoms with Gasteiger partial charge in [-0.1, -0.05) is 41.9 Å². The van der Waals surface area contributed by atoms with E-state index >= 15 is 0 Å². The van der Waals surface area contributed by atoms with Crippen molar-refractivity contribution in [3.63, 3.8) is 0 Å². The highest BCUT2D eigenvalue weighted by Crippen LogP contribution is 2.24. The Morgan fingerprint density at radius 3 is 2.35 bits per heavy atom. The van der Waals surface area contributed by atoms with Gasteiger partial charge < -0.3 is 5.11 Å². The Labute approximate surface area is 121 Å². The maximum Gasteiger partial charge on any atom is 0.337 e. The molecule has 2 aromatic carbocycles. The van der Waals surface area contributed by atoms with Crippen LogP contribution in [0, 0.1) is 0 Å². The third-order valence-electron chi connectivity index (χ3n) is 2.71. The maximum atomic E-state index is 12.3. The van der Waals surface area contributed by atoms with Crippen LogP contribution < -0.4 is 0 Å². The van der Waals surface area contributed by atoms with Gasteiger partial charge in [0.1, 0.15) is 0 Å². The van der Waals surface area contributed by atoms with E-state index in [-0.39, 0.29) is 21.2 Å². The van der Waals surface area contributed by atoms with E-state index in [4.69, 9.17) is 16.7 Å². The Bertz CT molecular complexity index is 739. The summed E-state index contributed by atoms with van der Waals surface area (Å²) < 4.78 is 24.7. The molecule has 20 heavy (non-hydrogen) atoms. The fraction of sp³-hybridized carbons (Fsp3) is 0.0714. The first-order valence-corrected chi connectivity index (χ1v) is 7.73. The molecule has 1 N–H and O–H groups in total. The molecule has 0 atom stereocenters. The van der Waals surface area contributed by atoms with Gasteiger partial charge in [0.25, 0.3) is 0 Å². The van der Waals surface area contributed by atoms with Crippen LogP contribution in [0.2, 0.25) is 5.02 Å². The van der Waals surface area contributed by atoms with Crippen LogP contribution >= 0.6 is 11.6 Å². The lowest BCUT2D eigenvalue weighted by molar-refractivity contribution is 0.0692. The van der Waals surface area contributed by atoms with E-state index in [1.54, 1.807) is 30.3 Å². The molecule has 0 aliphatic rings. The highest BCUT2D eigenvalue weighted by molar-refractivity contribution is 7.90. The minimum absolute atomic E-state index is 0.182. The van der Waals surface area contributed by atoms with Gasteiger partial charge in [0.2, 0.25) is 0 Å². The molecule has 0 heterocycles. The molecule has 0 fully saturated rings. The average Bonchev–Trinajstić information content (AvgIpc) is 2.38. The second-order valence-corrected chi connectivity index (χ2v) is 6.58. The number of benzene rings is 2. The number of halogens is 1. The molecule has 0 bridgehead atoms. The molecule has 104 valence electrons. The molecule has 0 aliphatic carbocycles. The summed E-state index contributed by atoms with van der Waals surface area (Å²) in [7, 11) is -3.75. The molecule has 0 saturated carbocycles. The summed E-state index contributed by atoms with van der Waals surface area (Å²) >= 11 is 5.71. The average molecular weight is 311 g/mol. The second-order valence-electron chi connectivity index (χ2n) is 4.19. The smallest absolute Gasteiger partial charge is 0.337 e. The topological polar surface area (TPSA) is 71.4 Å². The first kappa shape index (κ1) is 14.6. The van der Waals surface area contributed by atoms with Gasteiger partial charge in [0.15, 0.2) is 9.84 Å². The normalized spacial score (nSPS) is 11.2. The highest BCUT2D eigenvalue weighted by Gasteiger charge is 2.23. The molecule has 0 aliphatic heterocycles. The number of sulfone groups is 1. The predicted molar refractivity (Wildman–Crippen MR) is 75.7 cm³/mol. The standard InChI is InChI=1S/C14H11ClO4S/c15-11-6-7-13(12(8-11)14(16)17)20(18,19)9-10-4-2-1-3-5-10/h1-8H,9H2,(H,16,17). The van der Waals surface area contributed by atoms with Crippen molar-refractivity contribution >= 4 is 27.4 Å². The molecule has 0 spiro atoms. The number of rotatable bonds is 4. The number of hydrogen-bond donors (Lipinski definition) is 1. The predicted octanol–water partition coefficient (Wildman–Crippen LogP) is 3.01. The monoisotopic (exact) mass is 310 g/mol. The van der Waals surface area contributed by atoms with E-state index in [0.29, 0.717) is 5.56 Å². The van der Waals surface area contributed by atoms with Gasteiger partial charge in [-0.05, 0) is 23.8 Å². The first-order chi connectivity index (χ1) is 9.40. The molecule has 0 unspecified atom stereocenters. The van der Waals surface area contributed by atoms with Crippen molar-refractivity contribution in [2.24, 2.45) is 0 Å². The Balaban J connectivity index is 2.47. The summed E-state index contributed by atoms with van der Waals surface area (Å²) in [5, 5.41) is 9.28. The molecule has 0 amide bonds. The SMILES string of the molecule is O=C(O)c1cc(Cl)ccc1S(=O)(=O)Cc1ccccc1. The van der Waals surface area contributed by atoms with Crippen molar-refractivity contribution in [1.82, 2.24) is 0 Å². The van der Waals surface area contributed by atoms with Crippen LogP contribution in [0.1, 0.15) is 15.9 Å². The third kappa shape index (κ3) is 3.18. The first-order valence-electron chi connectivity index (χ1n) is 5.70. The molecule has 4 nitrogen and oxygen atoms in total. The van der Waals surface area contributed by atoms with Crippen LogP contribution in [0.4, 0.5) is 0 Å². The van der Waals surface area contributed by atoms with Crippen LogP contribution in [0.3, 0.4) is 0 Å². The van der Waals surface area contributed by atoms with Crippen LogP contribution in [0.25, 0.3) is 0 Å². The molecule has 2 rings (SSSR count). The largest absolute Gasteiger partial charge is 0.478 e. The fourth-order valence-corrected chi connectivity index (χ4v) is 3.53. The van der Waals surface area contributed by atoms with Crippen molar-refractivity contribution in [2.75, 3.05) is 0 Å². The summed E-state index contributed by atoms with van der Waals surface area (Å²) in [6.45, 7) is 0. The molecule has 0 aromatic heterocycles. The number of carboxylic acids is 1. The molecular formula is C14H11ClO4S. The maximum absolute atomic E-state index is 12.3. The zero-order valence-electron chi connectivity index (χ0n) is 10.3. The number of hydrogen-bond acceptors (Lipinski definition) is 3. The second kappa shape index (κ2) is 5.64. The Morgan fingerprint density at radius 1 is 1.10 bits per heavy atom. The van der Waals surface area contributed by atoms with Gasteiger partial charge in [-0.25, -0.2) is 13.2 Å². The lowest BCUT2D eigenvalue weighted by Crippen LogP contribution is -2.11. The van der Waals surface area contributed by atoms with Gasteiger partial charge in [0, 0.05) is 5.02 Å². The number of aromatic carboxylic acids is 1. The Morgan fingerprint density at radius 2 is 1.75 bits per heavy atom. The molecule has 0 saturated heterocycles. The number of carboxylic acid groups (broad SMARTS) is 1. The van der Waals surface area contributed by atoms with Crippen LogP contribution in [0.5, 0.6) is 0 Å². The van der Waals surface area contributed by atoms with E-state index in [0.717, 1.165) is 6.07 Å². The van der Waals surface area contributed by atoms with Crippen molar-refractivity contribution in [1.29, 1.82) is 0 Å². The van der Waals surface area contributed by atoms with E-state index in [9.17, 15) is 13.2 Å².